The van der Waals surface area contributed by atoms with Gasteiger partial charge in [0, 0.05) is 158 Å². The van der Waals surface area contributed by atoms with E-state index in [9.17, 15) is 24.0 Å². The highest BCUT2D eigenvalue weighted by Gasteiger charge is 2.39. The maximum atomic E-state index is 15.7. The van der Waals surface area contributed by atoms with Gasteiger partial charge in [-0.3, -0.25) is 62.5 Å². The minimum absolute atomic E-state index is 0.000768. The Morgan fingerprint density at radius 1 is 0.481 bits per heavy atom. The second-order valence-electron chi connectivity index (χ2n) is 28.3. The van der Waals surface area contributed by atoms with E-state index in [1.54, 1.807) is 55.9 Å². The number of benzene rings is 3. The summed E-state index contributed by atoms with van der Waals surface area (Å²) >= 11 is 0. The maximum Gasteiger partial charge on any atom is 0.246 e. The van der Waals surface area contributed by atoms with Crippen LogP contribution in [-0.2, 0) is 83.2 Å². The number of hydrogen-bond acceptors (Lipinski definition) is 19. The lowest BCUT2D eigenvalue weighted by Crippen LogP contribution is -2.60. The van der Waals surface area contributed by atoms with Crippen molar-refractivity contribution in [3.05, 3.63) is 138 Å². The number of unbranched alkanes of at least 4 members (excludes halogenated alkanes) is 3. The van der Waals surface area contributed by atoms with Crippen LogP contribution in [0.15, 0.2) is 121 Å². The number of nitrogens with one attached hydrogen (secondary N) is 10. The number of nitrogens with zero attached hydrogens (tertiary/aromatic N) is 3. The Hall–Kier alpha value is -9.62. The quantitative estimate of drug-likeness (QED) is 0.0332. The van der Waals surface area contributed by atoms with Crippen molar-refractivity contribution in [2.45, 2.75) is 171 Å². The van der Waals surface area contributed by atoms with Gasteiger partial charge in [0.05, 0.1) is 18.9 Å². The Balaban J connectivity index is 1.15. The number of rotatable bonds is 22. The fourth-order valence-electron chi connectivity index (χ4n) is 13.8. The molecule has 6 aromatic rings. The van der Waals surface area contributed by atoms with Crippen LogP contribution in [0.25, 0.3) is 21.8 Å². The van der Waals surface area contributed by atoms with E-state index in [0.717, 1.165) is 48.3 Å². The summed E-state index contributed by atoms with van der Waals surface area (Å²) in [4.78, 5) is 201. The van der Waals surface area contributed by atoms with Crippen LogP contribution in [0.5, 0.6) is 0 Å². The van der Waals surface area contributed by atoms with Crippen LogP contribution >= 0.6 is 21.6 Å². The number of allylic oxidation sites excluding steroid dienone is 1. The molecule has 0 unspecified atom stereocenters. The third-order valence-corrected chi connectivity index (χ3v) is 22.6. The van der Waals surface area contributed by atoms with E-state index < -0.39 is 156 Å². The molecule has 0 saturated carbocycles. The van der Waals surface area contributed by atoms with Crippen molar-refractivity contribution in [2.24, 2.45) is 45.9 Å². The van der Waals surface area contributed by atoms with Gasteiger partial charge in [0.1, 0.15) is 53.6 Å². The van der Waals surface area contributed by atoms with Gasteiger partial charge in [-0.15, -0.1) is 0 Å². The molecule has 16 N–H and O–H groups in total. The molecular weight excluding hydrogens is 1420 g/mol. The van der Waals surface area contributed by atoms with E-state index >= 15 is 33.6 Å². The molecule has 2 bridgehead atoms. The van der Waals surface area contributed by atoms with Gasteiger partial charge in [0.15, 0.2) is 5.78 Å². The molecule has 11 atom stereocenters. The van der Waals surface area contributed by atoms with Crippen LogP contribution in [-0.4, -0.2) is 188 Å². The molecular formula is C78H102N16O12S2. The number of fused-ring (bicyclic) bond motifs is 7. The summed E-state index contributed by atoms with van der Waals surface area (Å²) in [6, 6.07) is 13.9. The Morgan fingerprint density at radius 2 is 1.02 bits per heavy atom. The first-order valence-corrected chi connectivity index (χ1v) is 39.8. The van der Waals surface area contributed by atoms with Gasteiger partial charge in [-0.2, -0.15) is 0 Å². The van der Waals surface area contributed by atoms with Crippen molar-refractivity contribution in [2.75, 3.05) is 44.7 Å². The zero-order chi connectivity index (χ0) is 77.1. The smallest absolute Gasteiger partial charge is 0.246 e. The highest BCUT2D eigenvalue weighted by atomic mass is 33.1. The molecule has 108 heavy (non-hydrogen) atoms. The molecule has 0 aliphatic carbocycles. The number of aliphatic imine (C=N–C) groups is 1. The van der Waals surface area contributed by atoms with Crippen LogP contribution in [0.2, 0.25) is 0 Å². The molecule has 2 saturated heterocycles. The number of nitrogens with two attached hydrogens (primary N) is 3. The highest BCUT2D eigenvalue weighted by molar-refractivity contribution is 8.76. The Labute approximate surface area is 636 Å². The average molecular weight is 1520 g/mol. The number of hydrogen-bond donors (Lipinski definition) is 13. The van der Waals surface area contributed by atoms with E-state index in [2.05, 4.69) is 62.1 Å². The first-order valence-electron chi connectivity index (χ1n) is 37.3. The number of Topliss-reactive ketones (excluding diaryl/α,β-unsaturated/α-hetero) is 4. The number of H-pyrrole nitrogens is 3. The summed E-state index contributed by atoms with van der Waals surface area (Å²) in [6.07, 6.45) is 11.1. The number of carbonyl (C=O) groups excluding carboxylic acids is 12. The van der Waals surface area contributed by atoms with Gasteiger partial charge in [0.25, 0.3) is 0 Å². The molecule has 28 nitrogen and oxygen atoms in total. The molecule has 3 aromatic heterocycles. The number of imidazole rings is 1. The zero-order valence-electron chi connectivity index (χ0n) is 61.3. The first-order chi connectivity index (χ1) is 52.2. The molecule has 3 aliphatic heterocycles. The first kappa shape index (κ1) is 82.4. The monoisotopic (exact) mass is 1520 g/mol. The Morgan fingerprint density at radius 3 is 1.63 bits per heavy atom. The second kappa shape index (κ2) is 41.6. The van der Waals surface area contributed by atoms with Crippen molar-refractivity contribution in [1.29, 1.82) is 0 Å². The number of carbonyl (C=O) groups is 12. The molecule has 9 rings (SSSR count). The molecule has 8 amide bonds. The lowest BCUT2D eigenvalue weighted by atomic mass is 9.82. The van der Waals surface area contributed by atoms with Crippen LogP contribution < -0.4 is 54.4 Å². The van der Waals surface area contributed by atoms with Crippen LogP contribution in [0, 0.1) is 23.7 Å². The van der Waals surface area contributed by atoms with E-state index in [4.69, 9.17) is 17.2 Å². The Bertz CT molecular complexity index is 4160. The van der Waals surface area contributed by atoms with Gasteiger partial charge in [-0.05, 0) is 106 Å². The minimum Gasteiger partial charge on any atom is -0.361 e. The molecule has 0 spiro atoms. The summed E-state index contributed by atoms with van der Waals surface area (Å²) in [6.45, 7) is 1.71. The van der Waals surface area contributed by atoms with Crippen molar-refractivity contribution < 1.29 is 57.5 Å². The largest absolute Gasteiger partial charge is 0.361 e. The van der Waals surface area contributed by atoms with Crippen molar-refractivity contribution >= 4 is 120 Å². The molecule has 3 aromatic carbocycles. The Kier molecular flexibility index (Phi) is 31.8. The predicted octanol–water partition coefficient (Wildman–Crippen LogP) is 4.36. The lowest BCUT2D eigenvalue weighted by Gasteiger charge is -2.28. The van der Waals surface area contributed by atoms with Gasteiger partial charge in [-0.1, -0.05) is 108 Å². The summed E-state index contributed by atoms with van der Waals surface area (Å²) < 4.78 is 0. The second-order valence-corrected chi connectivity index (χ2v) is 30.9. The third kappa shape index (κ3) is 24.2. The predicted molar refractivity (Wildman–Crippen MR) is 415 cm³/mol. The molecule has 3 aliphatic rings. The number of aromatic amines is 3. The van der Waals surface area contributed by atoms with Crippen molar-refractivity contribution in [1.82, 2.24) is 62.1 Å². The summed E-state index contributed by atoms with van der Waals surface area (Å²) in [5.74, 6) is -12.8. The number of aromatic nitrogens is 4. The molecule has 0 radical (unpaired) electrons. The van der Waals surface area contributed by atoms with Gasteiger partial charge < -0.3 is 74.3 Å². The number of likely N-dealkylation sites (N-methyl/N-ethyl adjacent to an activating group) is 1. The lowest BCUT2D eigenvalue weighted by molar-refractivity contribution is -0.139. The standard InChI is InChI=1S/C78H102N16O12S2/c1-47-31-68(96)53-37-69(97)50(33-51-40-84-58-23-8-6-21-56(51)58)36-70(98)62(38-54-20-16-30-83-54)90-75(103)63(32-48-17-4-3-5-18-48)91-77(105)65(39-55-42-82-46-86-55)87-71(99)43-94(2)78(106)66(45-108-107-44-53)93-76(104)64(34-52-41-85-59-24-9-7-22-57(52)59)92-74(102)61(26-12-15-29-81)89-73(101)60(25-11-14-28-80)88-72(100)49(35-67(47)95)19-10-13-27-79/h3-9,17-18,20-24,30,40-42,46-47,49-50,53,60-66,84-85H,10-16,19,25-29,31-39,43-45,79-81H2,1-2H3,(H,82,86)(H,87,99)(H,88,100)(H,89,101)(H,90,103)(H,91,105)(H,92,102)(H,93,104)/t47-,49-,50-,53+,60+,61+,62+,63-,64+,65+,66+/m1/s1. The van der Waals surface area contributed by atoms with Crippen LogP contribution in [0.4, 0.5) is 0 Å². The summed E-state index contributed by atoms with van der Waals surface area (Å²) in [7, 11) is 3.50. The maximum absolute atomic E-state index is 15.7. The molecule has 30 heteroatoms. The van der Waals surface area contributed by atoms with Crippen LogP contribution in [0.1, 0.15) is 126 Å². The highest BCUT2D eigenvalue weighted by Crippen LogP contribution is 2.33. The number of ketones is 4. The topological polar surface area (TPSA) is 443 Å². The van der Waals surface area contributed by atoms with Crippen LogP contribution in [0.3, 0.4) is 0 Å². The SMILES string of the molecule is C[C@@H]1CC(=O)[C@@H]2CSSC[C@H](NC(=O)[C@H](Cc3c[nH]c4ccccc34)NC(=O)[C@H](CCCCN)NC(=O)[C@H](CCCCN)NC(=O)[C@H](CCCCN)CC1=O)C(=O)N(C)CC(=O)N[C@@H](Cc1cnc[nH]1)C(=O)N[C@H](Cc1ccccc1)C(=O)N[C@@H](CC1=CCC=N1)C(=O)C[C@@H](Cc1c[nH]c3ccccc13)C(=O)C2. The van der Waals surface area contributed by atoms with Gasteiger partial charge in [-0.25, -0.2) is 4.98 Å². The normalized spacial score (nSPS) is 24.5. The van der Waals surface area contributed by atoms with E-state index in [0.29, 0.717) is 79.6 Å². The third-order valence-electron chi connectivity index (χ3n) is 20.1. The fraction of sp³-hybridized carbons (Fsp3) is 0.487. The fourth-order valence-corrected chi connectivity index (χ4v) is 16.3. The summed E-state index contributed by atoms with van der Waals surface area (Å²) in [5.41, 5.74) is 22.1. The zero-order valence-corrected chi connectivity index (χ0v) is 62.9. The number of para-hydroxylation sites is 2. The van der Waals surface area contributed by atoms with Crippen molar-refractivity contribution in [3.8, 4) is 0 Å². The molecule has 578 valence electrons. The minimum atomic E-state index is -1.51. The number of amides is 8. The van der Waals surface area contributed by atoms with Gasteiger partial charge in [0.2, 0.25) is 47.3 Å². The van der Waals surface area contributed by atoms with E-state index in [-0.39, 0.29) is 88.8 Å². The van der Waals surface area contributed by atoms with Gasteiger partial charge >= 0.3 is 0 Å². The van der Waals surface area contributed by atoms with E-state index in [1.807, 2.05) is 54.6 Å². The van der Waals surface area contributed by atoms with Crippen molar-refractivity contribution in [3.63, 3.8) is 0 Å². The summed E-state index contributed by atoms with van der Waals surface area (Å²) in [5, 5.41) is 21.6. The average Bonchev–Trinajstić information content (AvgIpc) is 1.64. The van der Waals surface area contributed by atoms with E-state index in [1.165, 1.54) is 19.6 Å². The molecule has 2 fully saturated rings. The molecule has 6 heterocycles.